The highest BCUT2D eigenvalue weighted by atomic mass is 16.1. The minimum Gasteiger partial charge on any atom is -0.326 e. The molecule has 1 aliphatic rings. The van der Waals surface area contributed by atoms with E-state index >= 15 is 0 Å². The Balaban J connectivity index is 1.95. The van der Waals surface area contributed by atoms with Crippen LogP contribution in [0.2, 0.25) is 0 Å². The Hall–Kier alpha value is -2.14. The number of nitrogens with one attached hydrogen (secondary N) is 2. The van der Waals surface area contributed by atoms with Crippen LogP contribution in [0.4, 0.5) is 5.69 Å². The van der Waals surface area contributed by atoms with E-state index in [1.54, 1.807) is 12.4 Å². The lowest BCUT2D eigenvalue weighted by atomic mass is 9.99. The van der Waals surface area contributed by atoms with E-state index in [2.05, 4.69) is 15.5 Å². The van der Waals surface area contributed by atoms with Crippen LogP contribution in [0.1, 0.15) is 22.7 Å². The Morgan fingerprint density at radius 2 is 2.24 bits per heavy atom. The van der Waals surface area contributed by atoms with Crippen LogP contribution in [0.15, 0.2) is 30.6 Å². The fourth-order valence-electron chi connectivity index (χ4n) is 2.07. The second-order valence-corrected chi connectivity index (χ2v) is 4.15. The molecule has 1 atom stereocenters. The van der Waals surface area contributed by atoms with Crippen LogP contribution >= 0.6 is 0 Å². The summed E-state index contributed by atoms with van der Waals surface area (Å²) >= 11 is 0. The SMILES string of the molecule is NC(c1cn[nH]c1)c1ccc2c(c1)CC(=O)N2. The Morgan fingerprint density at radius 1 is 1.35 bits per heavy atom. The van der Waals surface area contributed by atoms with E-state index < -0.39 is 0 Å². The number of nitrogens with zero attached hydrogens (tertiary/aromatic N) is 1. The minimum atomic E-state index is -0.213. The quantitative estimate of drug-likeness (QED) is 0.715. The maximum absolute atomic E-state index is 11.3. The summed E-state index contributed by atoms with van der Waals surface area (Å²) in [5.74, 6) is 0.0361. The fourth-order valence-corrected chi connectivity index (χ4v) is 2.07. The Kier molecular flexibility index (Phi) is 2.19. The lowest BCUT2D eigenvalue weighted by molar-refractivity contribution is -0.115. The second kappa shape index (κ2) is 3.71. The van der Waals surface area contributed by atoms with Crippen molar-refractivity contribution in [2.75, 3.05) is 5.32 Å². The van der Waals surface area contributed by atoms with Crippen molar-refractivity contribution in [2.24, 2.45) is 5.73 Å². The zero-order valence-electron chi connectivity index (χ0n) is 9.10. The van der Waals surface area contributed by atoms with Gasteiger partial charge in [0.2, 0.25) is 5.91 Å². The molecule has 1 unspecified atom stereocenters. The lowest BCUT2D eigenvalue weighted by Crippen LogP contribution is -2.11. The topological polar surface area (TPSA) is 83.8 Å². The summed E-state index contributed by atoms with van der Waals surface area (Å²) in [5.41, 5.74) is 9.94. The second-order valence-electron chi connectivity index (χ2n) is 4.15. The third kappa shape index (κ3) is 1.70. The highest BCUT2D eigenvalue weighted by Crippen LogP contribution is 2.27. The van der Waals surface area contributed by atoms with Crippen molar-refractivity contribution in [3.63, 3.8) is 0 Å². The van der Waals surface area contributed by atoms with Crippen LogP contribution in [0.25, 0.3) is 0 Å². The number of carbonyl (C=O) groups is 1. The Labute approximate surface area is 98.0 Å². The molecule has 1 amide bonds. The zero-order chi connectivity index (χ0) is 11.8. The van der Waals surface area contributed by atoms with E-state index in [9.17, 15) is 4.79 Å². The van der Waals surface area contributed by atoms with Gasteiger partial charge in [0, 0.05) is 17.4 Å². The number of amides is 1. The highest BCUT2D eigenvalue weighted by molar-refractivity contribution is 5.99. The predicted molar refractivity (Wildman–Crippen MR) is 63.4 cm³/mol. The first-order chi connectivity index (χ1) is 8.24. The molecule has 4 N–H and O–H groups in total. The molecule has 3 rings (SSSR count). The number of aromatic nitrogens is 2. The molecule has 0 saturated heterocycles. The van der Waals surface area contributed by atoms with Crippen molar-refractivity contribution < 1.29 is 4.79 Å². The molecule has 0 bridgehead atoms. The van der Waals surface area contributed by atoms with Crippen LogP contribution in [0.3, 0.4) is 0 Å². The summed E-state index contributed by atoms with van der Waals surface area (Å²) < 4.78 is 0. The monoisotopic (exact) mass is 228 g/mol. The summed E-state index contributed by atoms with van der Waals surface area (Å²) in [7, 11) is 0. The Bertz CT molecular complexity index is 562. The average Bonchev–Trinajstić information content (AvgIpc) is 2.94. The lowest BCUT2D eigenvalue weighted by Gasteiger charge is -2.11. The summed E-state index contributed by atoms with van der Waals surface area (Å²) in [5, 5.41) is 9.43. The van der Waals surface area contributed by atoms with Gasteiger partial charge >= 0.3 is 0 Å². The van der Waals surface area contributed by atoms with E-state index in [1.807, 2.05) is 18.2 Å². The van der Waals surface area contributed by atoms with Gasteiger partial charge in [-0.2, -0.15) is 5.10 Å². The molecule has 5 heteroatoms. The molecule has 0 aliphatic carbocycles. The third-order valence-electron chi connectivity index (χ3n) is 2.99. The van der Waals surface area contributed by atoms with Gasteiger partial charge in [0.05, 0.1) is 18.7 Å². The zero-order valence-corrected chi connectivity index (χ0v) is 9.10. The number of hydrogen-bond donors (Lipinski definition) is 3. The Morgan fingerprint density at radius 3 is 3.00 bits per heavy atom. The maximum atomic E-state index is 11.3. The third-order valence-corrected chi connectivity index (χ3v) is 2.99. The molecular formula is C12H12N4O. The van der Waals surface area contributed by atoms with Gasteiger partial charge in [0.1, 0.15) is 0 Å². The van der Waals surface area contributed by atoms with Crippen molar-refractivity contribution in [3.8, 4) is 0 Å². The van der Waals surface area contributed by atoms with E-state index in [-0.39, 0.29) is 11.9 Å². The van der Waals surface area contributed by atoms with Gasteiger partial charge in [0.25, 0.3) is 0 Å². The summed E-state index contributed by atoms with van der Waals surface area (Å²) in [6.45, 7) is 0. The average molecular weight is 228 g/mol. The first-order valence-electron chi connectivity index (χ1n) is 5.41. The molecule has 5 nitrogen and oxygen atoms in total. The molecule has 0 saturated carbocycles. The number of aromatic amines is 1. The number of anilines is 1. The number of carbonyl (C=O) groups excluding carboxylic acids is 1. The smallest absolute Gasteiger partial charge is 0.228 e. The van der Waals surface area contributed by atoms with E-state index in [0.29, 0.717) is 6.42 Å². The van der Waals surface area contributed by atoms with Gasteiger partial charge in [-0.25, -0.2) is 0 Å². The molecule has 1 aromatic heterocycles. The first kappa shape index (κ1) is 10.0. The molecule has 0 radical (unpaired) electrons. The molecule has 17 heavy (non-hydrogen) atoms. The van der Waals surface area contributed by atoms with Gasteiger partial charge in [-0.1, -0.05) is 12.1 Å². The summed E-state index contributed by atoms with van der Waals surface area (Å²) in [6.07, 6.45) is 3.92. The largest absolute Gasteiger partial charge is 0.326 e. The summed E-state index contributed by atoms with van der Waals surface area (Å²) in [6, 6.07) is 5.59. The molecule has 86 valence electrons. The molecule has 1 aliphatic heterocycles. The van der Waals surface area contributed by atoms with Crippen LogP contribution < -0.4 is 11.1 Å². The van der Waals surface area contributed by atoms with Crippen molar-refractivity contribution in [1.82, 2.24) is 10.2 Å². The van der Waals surface area contributed by atoms with Gasteiger partial charge in [0.15, 0.2) is 0 Å². The van der Waals surface area contributed by atoms with Crippen LogP contribution in [-0.4, -0.2) is 16.1 Å². The van der Waals surface area contributed by atoms with E-state index in [0.717, 1.165) is 22.4 Å². The number of hydrogen-bond acceptors (Lipinski definition) is 3. The van der Waals surface area contributed by atoms with Gasteiger partial charge in [-0.3, -0.25) is 9.89 Å². The first-order valence-corrected chi connectivity index (χ1v) is 5.41. The van der Waals surface area contributed by atoms with Crippen molar-refractivity contribution in [2.45, 2.75) is 12.5 Å². The number of H-pyrrole nitrogens is 1. The predicted octanol–water partition coefficient (Wildman–Crippen LogP) is 0.952. The number of rotatable bonds is 2. The number of nitrogens with two attached hydrogens (primary N) is 1. The molecular weight excluding hydrogens is 216 g/mol. The highest BCUT2D eigenvalue weighted by Gasteiger charge is 2.19. The van der Waals surface area contributed by atoms with Crippen molar-refractivity contribution in [1.29, 1.82) is 0 Å². The van der Waals surface area contributed by atoms with Gasteiger partial charge in [-0.05, 0) is 17.2 Å². The normalized spacial score (nSPS) is 15.5. The van der Waals surface area contributed by atoms with Crippen molar-refractivity contribution in [3.05, 3.63) is 47.3 Å². The number of benzene rings is 1. The van der Waals surface area contributed by atoms with Gasteiger partial charge in [-0.15, -0.1) is 0 Å². The van der Waals surface area contributed by atoms with E-state index in [1.165, 1.54) is 0 Å². The summed E-state index contributed by atoms with van der Waals surface area (Å²) in [4.78, 5) is 11.3. The molecule has 0 spiro atoms. The van der Waals surface area contributed by atoms with Crippen LogP contribution in [-0.2, 0) is 11.2 Å². The maximum Gasteiger partial charge on any atom is 0.228 e. The van der Waals surface area contributed by atoms with Crippen LogP contribution in [0, 0.1) is 0 Å². The molecule has 1 aromatic carbocycles. The van der Waals surface area contributed by atoms with Crippen LogP contribution in [0.5, 0.6) is 0 Å². The number of fused-ring (bicyclic) bond motifs is 1. The van der Waals surface area contributed by atoms with Crippen molar-refractivity contribution >= 4 is 11.6 Å². The minimum absolute atomic E-state index is 0.0361. The molecule has 0 fully saturated rings. The van der Waals surface area contributed by atoms with E-state index in [4.69, 9.17) is 5.73 Å². The fraction of sp³-hybridized carbons (Fsp3) is 0.167. The molecule has 2 heterocycles. The standard InChI is InChI=1S/C12H12N4O/c13-12(9-5-14-15-6-9)7-1-2-10-8(3-7)4-11(17)16-10/h1-3,5-6,12H,4,13H2,(H,14,15)(H,16,17). The molecule has 2 aromatic rings. The van der Waals surface area contributed by atoms with Gasteiger partial charge < -0.3 is 11.1 Å².